The fourth-order valence-corrected chi connectivity index (χ4v) is 2.60. The predicted molar refractivity (Wildman–Crippen MR) is 106 cm³/mol. The molecule has 0 saturated carbocycles. The lowest BCUT2D eigenvalue weighted by molar-refractivity contribution is -0.124. The van der Waals surface area contributed by atoms with Crippen LogP contribution in [0.15, 0.2) is 48.5 Å². The van der Waals surface area contributed by atoms with E-state index in [1.807, 2.05) is 30.3 Å². The molecule has 0 aliphatic carbocycles. The smallest absolute Gasteiger partial charge is 0.257 e. The summed E-state index contributed by atoms with van der Waals surface area (Å²) in [6.07, 6.45) is 0. The van der Waals surface area contributed by atoms with Gasteiger partial charge in [-0.05, 0) is 23.6 Å². The largest absolute Gasteiger partial charge is 0.352 e. The van der Waals surface area contributed by atoms with Crippen LogP contribution in [0.2, 0.25) is 0 Å². The fraction of sp³-hybridized carbons (Fsp3) is 0.300. The maximum absolute atomic E-state index is 13.8. The van der Waals surface area contributed by atoms with Crippen LogP contribution in [-0.2, 0) is 4.79 Å². The monoisotopic (exact) mass is 411 g/mol. The normalized spacial score (nSPS) is 12.6. The number of carbonyl (C=O) groups is 2. The van der Waals surface area contributed by atoms with E-state index in [0.717, 1.165) is 17.7 Å². The van der Waals surface area contributed by atoms with Crippen molar-refractivity contribution in [2.24, 2.45) is 11.7 Å². The van der Waals surface area contributed by atoms with Gasteiger partial charge in [0.1, 0.15) is 23.2 Å². The van der Waals surface area contributed by atoms with Crippen molar-refractivity contribution in [3.8, 4) is 0 Å². The van der Waals surface area contributed by atoms with E-state index >= 15 is 0 Å². The van der Waals surface area contributed by atoms with E-state index in [9.17, 15) is 18.4 Å². The van der Waals surface area contributed by atoms with Crippen LogP contribution in [0.3, 0.4) is 0 Å². The number of hydrogen-bond acceptors (Lipinski definition) is 3. The molecule has 0 aliphatic heterocycles. The van der Waals surface area contributed by atoms with E-state index in [1.165, 1.54) is 6.07 Å². The molecule has 2 amide bonds. The van der Waals surface area contributed by atoms with Gasteiger partial charge in [-0.1, -0.05) is 50.2 Å². The van der Waals surface area contributed by atoms with Gasteiger partial charge in [0.05, 0.1) is 0 Å². The summed E-state index contributed by atoms with van der Waals surface area (Å²) in [5, 5.41) is 5.09. The Labute approximate surface area is 169 Å². The number of nitrogens with two attached hydrogens (primary N) is 1. The van der Waals surface area contributed by atoms with E-state index in [2.05, 4.69) is 10.6 Å². The Kier molecular flexibility index (Phi) is 9.02. The number of carbonyl (C=O) groups excluding carboxylic acids is 2. The molecule has 0 aliphatic rings. The summed E-state index contributed by atoms with van der Waals surface area (Å²) in [7, 11) is 0. The fourth-order valence-electron chi connectivity index (χ4n) is 2.60. The summed E-state index contributed by atoms with van der Waals surface area (Å²) >= 11 is 0. The molecule has 152 valence electrons. The second-order valence-electron chi connectivity index (χ2n) is 6.55. The number of amides is 2. The van der Waals surface area contributed by atoms with Crippen LogP contribution in [0.4, 0.5) is 8.78 Å². The Balaban J connectivity index is 0.00000392. The second-order valence-corrected chi connectivity index (χ2v) is 6.55. The molecule has 2 rings (SSSR count). The lowest BCUT2D eigenvalue weighted by Gasteiger charge is -2.23. The average Bonchev–Trinajstić information content (AvgIpc) is 2.64. The molecular formula is C20H24ClF2N3O2. The van der Waals surface area contributed by atoms with Crippen LogP contribution in [0.5, 0.6) is 0 Å². The summed E-state index contributed by atoms with van der Waals surface area (Å²) in [4.78, 5) is 24.8. The maximum atomic E-state index is 13.8. The Hall–Kier alpha value is -2.51. The Morgan fingerprint density at radius 2 is 1.57 bits per heavy atom. The summed E-state index contributed by atoms with van der Waals surface area (Å²) in [5.41, 5.74) is 6.20. The minimum atomic E-state index is -0.985. The molecule has 2 unspecified atom stereocenters. The number of rotatable bonds is 7. The van der Waals surface area contributed by atoms with Crippen molar-refractivity contribution in [3.63, 3.8) is 0 Å². The van der Waals surface area contributed by atoms with Crippen LogP contribution in [0.25, 0.3) is 0 Å². The van der Waals surface area contributed by atoms with E-state index in [4.69, 9.17) is 5.73 Å². The number of hydrogen-bond donors (Lipinski definition) is 3. The molecular weight excluding hydrogens is 388 g/mol. The highest BCUT2D eigenvalue weighted by molar-refractivity contribution is 5.98. The van der Waals surface area contributed by atoms with Crippen LogP contribution in [0.1, 0.15) is 35.8 Å². The first kappa shape index (κ1) is 23.5. The molecule has 0 radical (unpaired) electrons. The quantitative estimate of drug-likeness (QED) is 0.655. The Morgan fingerprint density at radius 3 is 2.11 bits per heavy atom. The SMILES string of the molecule is CC(C)C(NC(=O)c1c(F)cccc1F)C(=O)NCC(N)c1ccccc1.Cl. The number of benzene rings is 2. The van der Waals surface area contributed by atoms with Gasteiger partial charge in [-0.3, -0.25) is 9.59 Å². The van der Waals surface area contributed by atoms with Crippen LogP contribution in [0, 0.1) is 17.6 Å². The zero-order valence-electron chi connectivity index (χ0n) is 15.6. The van der Waals surface area contributed by atoms with Crippen molar-refractivity contribution in [1.29, 1.82) is 0 Å². The average molecular weight is 412 g/mol. The molecule has 4 N–H and O–H groups in total. The highest BCUT2D eigenvalue weighted by Gasteiger charge is 2.27. The molecule has 2 aromatic carbocycles. The molecule has 28 heavy (non-hydrogen) atoms. The molecule has 0 saturated heterocycles. The Morgan fingerprint density at radius 1 is 1.00 bits per heavy atom. The van der Waals surface area contributed by atoms with Crippen LogP contribution >= 0.6 is 12.4 Å². The van der Waals surface area contributed by atoms with Gasteiger partial charge in [-0.2, -0.15) is 0 Å². The van der Waals surface area contributed by atoms with Crippen molar-refractivity contribution in [3.05, 3.63) is 71.3 Å². The van der Waals surface area contributed by atoms with E-state index in [1.54, 1.807) is 13.8 Å². The van der Waals surface area contributed by atoms with Crippen molar-refractivity contribution in [2.45, 2.75) is 25.9 Å². The van der Waals surface area contributed by atoms with Gasteiger partial charge in [-0.15, -0.1) is 12.4 Å². The van der Waals surface area contributed by atoms with Crippen molar-refractivity contribution < 1.29 is 18.4 Å². The highest BCUT2D eigenvalue weighted by atomic mass is 35.5. The summed E-state index contributed by atoms with van der Waals surface area (Å²) < 4.78 is 27.6. The molecule has 0 aromatic heterocycles. The molecule has 0 heterocycles. The zero-order valence-corrected chi connectivity index (χ0v) is 16.4. The zero-order chi connectivity index (χ0) is 20.0. The Bertz CT molecular complexity index is 783. The predicted octanol–water partition coefficient (Wildman–Crippen LogP) is 2.96. The third kappa shape index (κ3) is 6.00. The van der Waals surface area contributed by atoms with E-state index in [-0.39, 0.29) is 24.9 Å². The molecule has 2 aromatic rings. The highest BCUT2D eigenvalue weighted by Crippen LogP contribution is 2.13. The maximum Gasteiger partial charge on any atom is 0.257 e. The first-order valence-corrected chi connectivity index (χ1v) is 8.64. The van der Waals surface area contributed by atoms with Crippen molar-refractivity contribution in [2.75, 3.05) is 6.54 Å². The van der Waals surface area contributed by atoms with Gasteiger partial charge < -0.3 is 16.4 Å². The van der Waals surface area contributed by atoms with E-state index < -0.39 is 41.1 Å². The number of nitrogens with one attached hydrogen (secondary N) is 2. The minimum Gasteiger partial charge on any atom is -0.352 e. The lowest BCUT2D eigenvalue weighted by atomic mass is 10.0. The summed E-state index contributed by atoms with van der Waals surface area (Å²) in [6.45, 7) is 3.61. The minimum absolute atomic E-state index is 0. The van der Waals surface area contributed by atoms with Crippen LogP contribution in [-0.4, -0.2) is 24.4 Å². The van der Waals surface area contributed by atoms with Crippen molar-refractivity contribution in [1.82, 2.24) is 10.6 Å². The summed E-state index contributed by atoms with van der Waals surface area (Å²) in [5.74, 6) is -3.71. The molecule has 0 fully saturated rings. The van der Waals surface area contributed by atoms with E-state index in [0.29, 0.717) is 0 Å². The van der Waals surface area contributed by atoms with Gasteiger partial charge in [0, 0.05) is 12.6 Å². The van der Waals surface area contributed by atoms with Gasteiger partial charge >= 0.3 is 0 Å². The molecule has 0 bridgehead atoms. The lowest BCUT2D eigenvalue weighted by Crippen LogP contribution is -2.51. The molecule has 8 heteroatoms. The van der Waals surface area contributed by atoms with Gasteiger partial charge in [0.25, 0.3) is 5.91 Å². The first-order chi connectivity index (χ1) is 12.8. The van der Waals surface area contributed by atoms with Gasteiger partial charge in [0.2, 0.25) is 5.91 Å². The number of halogens is 3. The molecule has 2 atom stereocenters. The standard InChI is InChI=1S/C20H23F2N3O2.ClH/c1-12(2)18(25-19(26)17-14(21)9-6-10-15(17)22)20(27)24-11-16(23)13-7-4-3-5-8-13;/h3-10,12,16,18H,11,23H2,1-2H3,(H,24,27)(H,25,26);1H. The third-order valence-corrected chi connectivity index (χ3v) is 4.15. The molecule has 0 spiro atoms. The topological polar surface area (TPSA) is 84.2 Å². The van der Waals surface area contributed by atoms with Gasteiger partial charge in [0.15, 0.2) is 0 Å². The van der Waals surface area contributed by atoms with Crippen LogP contribution < -0.4 is 16.4 Å². The van der Waals surface area contributed by atoms with Gasteiger partial charge in [-0.25, -0.2) is 8.78 Å². The third-order valence-electron chi connectivity index (χ3n) is 4.15. The molecule has 5 nitrogen and oxygen atoms in total. The van der Waals surface area contributed by atoms with Crippen molar-refractivity contribution >= 4 is 24.2 Å². The summed E-state index contributed by atoms with van der Waals surface area (Å²) in [6, 6.07) is 11.0. The first-order valence-electron chi connectivity index (χ1n) is 8.64. The second kappa shape index (κ2) is 10.7.